The SMILES string of the molecule is CC(CNC(=O)[C@@H]1CC[C@H](CN)O1)Cc1cccs1.Cl. The van der Waals surface area contributed by atoms with E-state index in [-0.39, 0.29) is 30.5 Å². The zero-order valence-corrected chi connectivity index (χ0v) is 13.3. The van der Waals surface area contributed by atoms with Gasteiger partial charge in [0.25, 0.3) is 0 Å². The van der Waals surface area contributed by atoms with Crippen molar-refractivity contribution in [3.8, 4) is 0 Å². The van der Waals surface area contributed by atoms with Crippen LogP contribution in [-0.4, -0.2) is 31.2 Å². The molecule has 20 heavy (non-hydrogen) atoms. The van der Waals surface area contributed by atoms with Crippen molar-refractivity contribution in [1.29, 1.82) is 0 Å². The topological polar surface area (TPSA) is 64.4 Å². The predicted octanol–water partition coefficient (Wildman–Crippen LogP) is 1.97. The van der Waals surface area contributed by atoms with Crippen molar-refractivity contribution in [2.45, 2.75) is 38.4 Å². The molecule has 2 rings (SSSR count). The van der Waals surface area contributed by atoms with E-state index in [0.29, 0.717) is 19.0 Å². The number of rotatable bonds is 6. The molecule has 1 saturated heterocycles. The van der Waals surface area contributed by atoms with Crippen LogP contribution in [0.4, 0.5) is 0 Å². The fourth-order valence-corrected chi connectivity index (χ4v) is 3.17. The summed E-state index contributed by atoms with van der Waals surface area (Å²) in [7, 11) is 0. The Hall–Kier alpha value is -0.620. The third kappa shape index (κ3) is 5.05. The van der Waals surface area contributed by atoms with Crippen molar-refractivity contribution in [2.75, 3.05) is 13.1 Å². The number of carbonyl (C=O) groups excluding carboxylic acids is 1. The van der Waals surface area contributed by atoms with E-state index in [2.05, 4.69) is 29.8 Å². The van der Waals surface area contributed by atoms with Crippen molar-refractivity contribution >= 4 is 29.7 Å². The van der Waals surface area contributed by atoms with Crippen molar-refractivity contribution in [1.82, 2.24) is 5.32 Å². The summed E-state index contributed by atoms with van der Waals surface area (Å²) < 4.78 is 5.58. The van der Waals surface area contributed by atoms with Gasteiger partial charge in [0.15, 0.2) is 0 Å². The lowest BCUT2D eigenvalue weighted by Crippen LogP contribution is -2.38. The third-order valence-electron chi connectivity index (χ3n) is 3.42. The van der Waals surface area contributed by atoms with Crippen LogP contribution >= 0.6 is 23.7 Å². The van der Waals surface area contributed by atoms with Crippen molar-refractivity contribution < 1.29 is 9.53 Å². The number of hydrogen-bond donors (Lipinski definition) is 2. The average molecular weight is 319 g/mol. The van der Waals surface area contributed by atoms with E-state index in [0.717, 1.165) is 19.3 Å². The molecule has 6 heteroatoms. The summed E-state index contributed by atoms with van der Waals surface area (Å²) >= 11 is 1.76. The Morgan fingerprint density at radius 1 is 1.60 bits per heavy atom. The van der Waals surface area contributed by atoms with Gasteiger partial charge in [-0.3, -0.25) is 4.79 Å². The van der Waals surface area contributed by atoms with E-state index >= 15 is 0 Å². The highest BCUT2D eigenvalue weighted by molar-refractivity contribution is 7.09. The fraction of sp³-hybridized carbons (Fsp3) is 0.643. The Kier molecular flexibility index (Phi) is 7.51. The minimum absolute atomic E-state index is 0. The first-order chi connectivity index (χ1) is 9.19. The van der Waals surface area contributed by atoms with Crippen LogP contribution in [0.2, 0.25) is 0 Å². The molecule has 0 spiro atoms. The van der Waals surface area contributed by atoms with Crippen LogP contribution in [-0.2, 0) is 16.0 Å². The molecule has 0 radical (unpaired) electrons. The zero-order valence-electron chi connectivity index (χ0n) is 11.7. The molecule has 114 valence electrons. The normalized spacial score (nSPS) is 23.1. The Morgan fingerprint density at radius 3 is 3.00 bits per heavy atom. The lowest BCUT2D eigenvalue weighted by Gasteiger charge is -2.15. The molecular weight excluding hydrogens is 296 g/mol. The molecule has 1 fully saturated rings. The van der Waals surface area contributed by atoms with Crippen LogP contribution in [0.1, 0.15) is 24.6 Å². The standard InChI is InChI=1S/C14H22N2O2S.ClH/c1-10(7-12-3-2-6-19-12)9-16-14(17)13-5-4-11(8-15)18-13;/h2-3,6,10-11,13H,4-5,7-9,15H2,1H3,(H,16,17);1H/t10?,11-,13+;/m1./s1. The van der Waals surface area contributed by atoms with Gasteiger partial charge in [0.2, 0.25) is 5.91 Å². The number of thiophene rings is 1. The highest BCUT2D eigenvalue weighted by Crippen LogP contribution is 2.19. The molecule has 1 aliphatic heterocycles. The van der Waals surface area contributed by atoms with Gasteiger partial charge in [-0.15, -0.1) is 23.7 Å². The molecule has 0 saturated carbocycles. The molecule has 3 atom stereocenters. The summed E-state index contributed by atoms with van der Waals surface area (Å²) in [5.41, 5.74) is 5.54. The molecule has 3 N–H and O–H groups in total. The summed E-state index contributed by atoms with van der Waals surface area (Å²) in [6, 6.07) is 4.19. The van der Waals surface area contributed by atoms with E-state index < -0.39 is 0 Å². The second-order valence-corrected chi connectivity index (χ2v) is 6.23. The summed E-state index contributed by atoms with van der Waals surface area (Å²) in [5, 5.41) is 5.06. The number of halogens is 1. The van der Waals surface area contributed by atoms with E-state index in [1.54, 1.807) is 11.3 Å². The van der Waals surface area contributed by atoms with Crippen molar-refractivity contribution in [3.05, 3.63) is 22.4 Å². The number of nitrogens with one attached hydrogen (secondary N) is 1. The second-order valence-electron chi connectivity index (χ2n) is 5.19. The van der Waals surface area contributed by atoms with Crippen LogP contribution in [0.15, 0.2) is 17.5 Å². The summed E-state index contributed by atoms with van der Waals surface area (Å²) in [4.78, 5) is 13.3. The molecule has 2 heterocycles. The summed E-state index contributed by atoms with van der Waals surface area (Å²) in [6.07, 6.45) is 2.43. The van der Waals surface area contributed by atoms with Gasteiger partial charge in [-0.25, -0.2) is 0 Å². The van der Waals surface area contributed by atoms with Gasteiger partial charge in [-0.05, 0) is 36.6 Å². The minimum Gasteiger partial charge on any atom is -0.364 e. The van der Waals surface area contributed by atoms with Gasteiger partial charge < -0.3 is 15.8 Å². The number of hydrogen-bond acceptors (Lipinski definition) is 4. The van der Waals surface area contributed by atoms with Gasteiger partial charge in [0.05, 0.1) is 6.10 Å². The van der Waals surface area contributed by atoms with Crippen LogP contribution in [0.3, 0.4) is 0 Å². The number of ether oxygens (including phenoxy) is 1. The highest BCUT2D eigenvalue weighted by atomic mass is 35.5. The molecule has 4 nitrogen and oxygen atoms in total. The fourth-order valence-electron chi connectivity index (χ4n) is 2.30. The Balaban J connectivity index is 0.00000200. The average Bonchev–Trinajstić information content (AvgIpc) is 3.06. The van der Waals surface area contributed by atoms with Crippen LogP contribution in [0, 0.1) is 5.92 Å². The van der Waals surface area contributed by atoms with Gasteiger partial charge in [0.1, 0.15) is 6.10 Å². The number of nitrogens with two attached hydrogens (primary N) is 1. The summed E-state index contributed by atoms with van der Waals surface area (Å²) in [5.74, 6) is 0.447. The smallest absolute Gasteiger partial charge is 0.249 e. The maximum absolute atomic E-state index is 11.9. The van der Waals surface area contributed by atoms with E-state index in [1.165, 1.54) is 4.88 Å². The van der Waals surface area contributed by atoms with Crippen LogP contribution in [0.5, 0.6) is 0 Å². The van der Waals surface area contributed by atoms with Crippen molar-refractivity contribution in [2.24, 2.45) is 11.7 Å². The van der Waals surface area contributed by atoms with Crippen LogP contribution in [0.25, 0.3) is 0 Å². The van der Waals surface area contributed by atoms with Crippen LogP contribution < -0.4 is 11.1 Å². The Labute approximate surface area is 130 Å². The molecular formula is C14H23ClN2O2S. The molecule has 1 aliphatic rings. The molecule has 0 aliphatic carbocycles. The molecule has 1 aromatic heterocycles. The van der Waals surface area contributed by atoms with Crippen molar-refractivity contribution in [3.63, 3.8) is 0 Å². The maximum Gasteiger partial charge on any atom is 0.249 e. The first-order valence-electron chi connectivity index (χ1n) is 6.84. The maximum atomic E-state index is 11.9. The molecule has 0 aromatic carbocycles. The highest BCUT2D eigenvalue weighted by Gasteiger charge is 2.29. The molecule has 0 bridgehead atoms. The first-order valence-corrected chi connectivity index (χ1v) is 7.72. The predicted molar refractivity (Wildman–Crippen MR) is 84.4 cm³/mol. The number of amides is 1. The quantitative estimate of drug-likeness (QED) is 0.843. The molecule has 1 unspecified atom stereocenters. The van der Waals surface area contributed by atoms with Gasteiger partial charge >= 0.3 is 0 Å². The Bertz CT molecular complexity index is 400. The number of carbonyl (C=O) groups is 1. The summed E-state index contributed by atoms with van der Waals surface area (Å²) in [6.45, 7) is 3.35. The lowest BCUT2D eigenvalue weighted by atomic mass is 10.1. The van der Waals surface area contributed by atoms with E-state index in [9.17, 15) is 4.79 Å². The zero-order chi connectivity index (χ0) is 13.7. The second kappa shape index (κ2) is 8.62. The Morgan fingerprint density at radius 2 is 2.40 bits per heavy atom. The lowest BCUT2D eigenvalue weighted by molar-refractivity contribution is -0.132. The van der Waals surface area contributed by atoms with Gasteiger partial charge in [-0.1, -0.05) is 13.0 Å². The largest absolute Gasteiger partial charge is 0.364 e. The van der Waals surface area contributed by atoms with E-state index in [4.69, 9.17) is 10.5 Å². The van der Waals surface area contributed by atoms with E-state index in [1.807, 2.05) is 0 Å². The van der Waals surface area contributed by atoms with Gasteiger partial charge in [-0.2, -0.15) is 0 Å². The van der Waals surface area contributed by atoms with Gasteiger partial charge in [0, 0.05) is 18.0 Å². The third-order valence-corrected chi connectivity index (χ3v) is 4.32. The molecule has 1 amide bonds. The minimum atomic E-state index is -0.303. The first kappa shape index (κ1) is 17.4. The molecule has 1 aromatic rings. The monoisotopic (exact) mass is 318 g/mol.